The molecule has 20 heavy (non-hydrogen) atoms. The third-order valence-corrected chi connectivity index (χ3v) is 4.22. The van der Waals surface area contributed by atoms with E-state index in [9.17, 15) is 9.90 Å². The number of carboxylic acids is 1. The molecule has 1 aliphatic rings. The summed E-state index contributed by atoms with van der Waals surface area (Å²) < 4.78 is 2.00. The first-order valence-electron chi connectivity index (χ1n) is 7.16. The normalized spacial score (nSPS) is 16.9. The standard InChI is InChI=1S/C17H19NO2/c1-18-11-15(13-8-4-5-9-16(13)18)14(17(19)20)10-12-6-2-3-7-12/h4-5,8-12H,2-3,6-7H2,1H3,(H,19,20). The maximum atomic E-state index is 11.7. The van der Waals surface area contributed by atoms with Crippen molar-refractivity contribution in [3.63, 3.8) is 0 Å². The number of allylic oxidation sites excluding steroid dienone is 1. The zero-order valence-electron chi connectivity index (χ0n) is 11.7. The second-order valence-electron chi connectivity index (χ2n) is 5.60. The molecule has 0 amide bonds. The molecule has 1 fully saturated rings. The number of hydrogen-bond donors (Lipinski definition) is 1. The molecule has 104 valence electrons. The molecule has 3 rings (SSSR count). The summed E-state index contributed by atoms with van der Waals surface area (Å²) in [6.45, 7) is 0. The predicted molar refractivity (Wildman–Crippen MR) is 80.5 cm³/mol. The fourth-order valence-corrected chi connectivity index (χ4v) is 3.19. The second kappa shape index (κ2) is 5.16. The number of aromatic nitrogens is 1. The molecule has 0 aliphatic heterocycles. The van der Waals surface area contributed by atoms with Crippen LogP contribution in [0.2, 0.25) is 0 Å². The molecule has 0 spiro atoms. The zero-order valence-corrected chi connectivity index (χ0v) is 11.7. The minimum absolute atomic E-state index is 0.417. The van der Waals surface area contributed by atoms with Crippen molar-refractivity contribution in [3.8, 4) is 0 Å². The fourth-order valence-electron chi connectivity index (χ4n) is 3.19. The lowest BCUT2D eigenvalue weighted by Gasteiger charge is -2.06. The Morgan fingerprint density at radius 3 is 2.70 bits per heavy atom. The molecule has 2 aromatic rings. The van der Waals surface area contributed by atoms with E-state index in [4.69, 9.17) is 0 Å². The van der Waals surface area contributed by atoms with Gasteiger partial charge in [-0.2, -0.15) is 0 Å². The first-order valence-corrected chi connectivity index (χ1v) is 7.16. The highest BCUT2D eigenvalue weighted by Gasteiger charge is 2.20. The van der Waals surface area contributed by atoms with Crippen LogP contribution in [0.3, 0.4) is 0 Å². The summed E-state index contributed by atoms with van der Waals surface area (Å²) in [6, 6.07) is 7.96. The van der Waals surface area contributed by atoms with Crippen molar-refractivity contribution in [2.45, 2.75) is 25.7 Å². The molecule has 0 saturated heterocycles. The Morgan fingerprint density at radius 2 is 2.00 bits per heavy atom. The van der Waals surface area contributed by atoms with Gasteiger partial charge in [0.2, 0.25) is 0 Å². The lowest BCUT2D eigenvalue weighted by Crippen LogP contribution is -2.02. The van der Waals surface area contributed by atoms with Crippen LogP contribution in [-0.2, 0) is 11.8 Å². The Morgan fingerprint density at radius 1 is 1.30 bits per heavy atom. The average Bonchev–Trinajstić information content (AvgIpc) is 3.05. The number of rotatable bonds is 3. The smallest absolute Gasteiger partial charge is 0.336 e. The van der Waals surface area contributed by atoms with Gasteiger partial charge in [0.25, 0.3) is 0 Å². The molecule has 0 radical (unpaired) electrons. The fraction of sp³-hybridized carbons (Fsp3) is 0.353. The Bertz CT molecular complexity index is 675. The largest absolute Gasteiger partial charge is 0.478 e. The van der Waals surface area contributed by atoms with E-state index in [1.165, 1.54) is 12.8 Å². The minimum atomic E-state index is -0.826. The van der Waals surface area contributed by atoms with E-state index in [1.807, 2.05) is 48.2 Å². The van der Waals surface area contributed by atoms with Crippen molar-refractivity contribution < 1.29 is 9.90 Å². The SMILES string of the molecule is Cn1cc(C(=CC2CCCC2)C(=O)O)c2ccccc21. The van der Waals surface area contributed by atoms with E-state index in [0.717, 1.165) is 29.3 Å². The van der Waals surface area contributed by atoms with Gasteiger partial charge in [-0.25, -0.2) is 4.79 Å². The van der Waals surface area contributed by atoms with Crippen LogP contribution in [0.4, 0.5) is 0 Å². The van der Waals surface area contributed by atoms with E-state index in [2.05, 4.69) is 0 Å². The summed E-state index contributed by atoms with van der Waals surface area (Å²) >= 11 is 0. The minimum Gasteiger partial charge on any atom is -0.478 e. The number of fused-ring (bicyclic) bond motifs is 1. The van der Waals surface area contributed by atoms with Crippen LogP contribution in [0, 0.1) is 5.92 Å². The third-order valence-electron chi connectivity index (χ3n) is 4.22. The van der Waals surface area contributed by atoms with Crippen molar-refractivity contribution in [2.75, 3.05) is 0 Å². The van der Waals surface area contributed by atoms with E-state index in [-0.39, 0.29) is 0 Å². The molecule has 0 atom stereocenters. The first-order chi connectivity index (χ1) is 9.66. The number of para-hydroxylation sites is 1. The third kappa shape index (κ3) is 2.24. The van der Waals surface area contributed by atoms with E-state index >= 15 is 0 Å². The van der Waals surface area contributed by atoms with Crippen LogP contribution < -0.4 is 0 Å². The van der Waals surface area contributed by atoms with Crippen molar-refractivity contribution in [2.24, 2.45) is 13.0 Å². The Kier molecular flexibility index (Phi) is 3.35. The number of aryl methyl sites for hydroxylation is 1. The summed E-state index contributed by atoms with van der Waals surface area (Å²) in [5, 5.41) is 10.6. The van der Waals surface area contributed by atoms with Crippen LogP contribution in [0.1, 0.15) is 31.2 Å². The van der Waals surface area contributed by atoms with Crippen molar-refractivity contribution in [1.82, 2.24) is 4.57 Å². The van der Waals surface area contributed by atoms with Gasteiger partial charge in [0.15, 0.2) is 0 Å². The molecule has 3 nitrogen and oxygen atoms in total. The number of aliphatic carboxylic acids is 1. The van der Waals surface area contributed by atoms with Crippen LogP contribution in [-0.4, -0.2) is 15.6 Å². The highest BCUT2D eigenvalue weighted by molar-refractivity contribution is 6.19. The molecule has 1 aromatic heterocycles. The predicted octanol–water partition coefficient (Wildman–Crippen LogP) is 3.84. The Balaban J connectivity index is 2.12. The van der Waals surface area contributed by atoms with Crippen molar-refractivity contribution in [3.05, 3.63) is 42.1 Å². The first kappa shape index (κ1) is 13.0. The van der Waals surface area contributed by atoms with Gasteiger partial charge in [-0.3, -0.25) is 0 Å². The molecular formula is C17H19NO2. The van der Waals surface area contributed by atoms with Gasteiger partial charge in [-0.05, 0) is 24.8 Å². The molecule has 1 heterocycles. The van der Waals surface area contributed by atoms with Gasteiger partial charge in [0.1, 0.15) is 0 Å². The van der Waals surface area contributed by atoms with Gasteiger partial charge >= 0.3 is 5.97 Å². The van der Waals surface area contributed by atoms with E-state index < -0.39 is 5.97 Å². The van der Waals surface area contributed by atoms with Gasteiger partial charge in [-0.15, -0.1) is 0 Å². The number of benzene rings is 1. The zero-order chi connectivity index (χ0) is 14.1. The number of carbonyl (C=O) groups is 1. The maximum absolute atomic E-state index is 11.7. The van der Waals surface area contributed by atoms with Crippen LogP contribution in [0.15, 0.2) is 36.5 Å². The molecule has 1 saturated carbocycles. The number of carboxylic acid groups (broad SMARTS) is 1. The van der Waals surface area contributed by atoms with E-state index in [1.54, 1.807) is 0 Å². The monoisotopic (exact) mass is 269 g/mol. The number of hydrogen-bond acceptors (Lipinski definition) is 1. The quantitative estimate of drug-likeness (QED) is 0.860. The highest BCUT2D eigenvalue weighted by atomic mass is 16.4. The van der Waals surface area contributed by atoms with Gasteiger partial charge in [0, 0.05) is 29.7 Å². The second-order valence-corrected chi connectivity index (χ2v) is 5.60. The Hall–Kier alpha value is -2.03. The molecule has 0 bridgehead atoms. The van der Waals surface area contributed by atoms with Crippen LogP contribution >= 0.6 is 0 Å². The van der Waals surface area contributed by atoms with Crippen LogP contribution in [0.25, 0.3) is 16.5 Å². The highest BCUT2D eigenvalue weighted by Crippen LogP contribution is 2.32. The molecule has 1 N–H and O–H groups in total. The lowest BCUT2D eigenvalue weighted by molar-refractivity contribution is -0.130. The van der Waals surface area contributed by atoms with Gasteiger partial charge < -0.3 is 9.67 Å². The molecule has 0 unspecified atom stereocenters. The number of nitrogens with zero attached hydrogens (tertiary/aromatic N) is 1. The molecule has 1 aromatic carbocycles. The summed E-state index contributed by atoms with van der Waals surface area (Å²) in [4.78, 5) is 11.7. The maximum Gasteiger partial charge on any atom is 0.336 e. The average molecular weight is 269 g/mol. The lowest BCUT2D eigenvalue weighted by atomic mass is 9.98. The van der Waals surface area contributed by atoms with Crippen molar-refractivity contribution >= 4 is 22.4 Å². The van der Waals surface area contributed by atoms with Gasteiger partial charge in [0.05, 0.1) is 5.57 Å². The van der Waals surface area contributed by atoms with Crippen LogP contribution in [0.5, 0.6) is 0 Å². The van der Waals surface area contributed by atoms with Gasteiger partial charge in [-0.1, -0.05) is 37.1 Å². The summed E-state index contributed by atoms with van der Waals surface area (Å²) in [5.74, 6) is -0.409. The molecule has 1 aliphatic carbocycles. The summed E-state index contributed by atoms with van der Waals surface area (Å²) in [7, 11) is 1.96. The summed E-state index contributed by atoms with van der Waals surface area (Å²) in [6.07, 6.45) is 8.55. The van der Waals surface area contributed by atoms with E-state index in [0.29, 0.717) is 11.5 Å². The topological polar surface area (TPSA) is 42.2 Å². The Labute approximate surface area is 118 Å². The van der Waals surface area contributed by atoms with Crippen molar-refractivity contribution in [1.29, 1.82) is 0 Å². The molecular weight excluding hydrogens is 250 g/mol. The summed E-state index contributed by atoms with van der Waals surface area (Å²) in [5.41, 5.74) is 2.36. The molecule has 3 heteroatoms.